The summed E-state index contributed by atoms with van der Waals surface area (Å²) < 4.78 is 29.0. The Labute approximate surface area is 106 Å². The number of halogens is 3. The van der Waals surface area contributed by atoms with Crippen LogP contribution < -0.4 is 0 Å². The number of rotatable bonds is 2. The molecule has 1 aromatic heterocycles. The van der Waals surface area contributed by atoms with Crippen molar-refractivity contribution in [2.45, 2.75) is 20.4 Å². The molecule has 0 atom stereocenters. The van der Waals surface area contributed by atoms with Gasteiger partial charge in [0.2, 0.25) is 0 Å². The van der Waals surface area contributed by atoms with E-state index in [4.69, 9.17) is 0 Å². The van der Waals surface area contributed by atoms with Crippen LogP contribution in [0, 0.1) is 18.6 Å². The van der Waals surface area contributed by atoms with E-state index in [-0.39, 0.29) is 0 Å². The van der Waals surface area contributed by atoms with E-state index >= 15 is 0 Å². The van der Waals surface area contributed by atoms with E-state index in [9.17, 15) is 8.78 Å². The minimum absolute atomic E-state index is 0.348. The lowest BCUT2D eigenvalue weighted by Gasteiger charge is -2.06. The third kappa shape index (κ3) is 2.11. The molecular weight excluding hydrogens is 290 g/mol. The van der Waals surface area contributed by atoms with Crippen LogP contribution in [0.15, 0.2) is 22.7 Å². The highest BCUT2D eigenvalue weighted by Gasteiger charge is 2.17. The highest BCUT2D eigenvalue weighted by molar-refractivity contribution is 9.10. The van der Waals surface area contributed by atoms with Gasteiger partial charge in [0.25, 0.3) is 0 Å². The normalized spacial score (nSPS) is 10.9. The molecule has 0 aliphatic heterocycles. The van der Waals surface area contributed by atoms with E-state index in [1.807, 2.05) is 13.8 Å². The molecule has 2 nitrogen and oxygen atoms in total. The minimum Gasteiger partial charge on any atom is -0.264 e. The number of nitrogens with zero attached hydrogens (tertiary/aromatic N) is 2. The molecule has 1 heterocycles. The van der Waals surface area contributed by atoms with Gasteiger partial charge in [-0.2, -0.15) is 5.10 Å². The molecule has 0 radical (unpaired) electrons. The average molecular weight is 301 g/mol. The fourth-order valence-corrected chi connectivity index (χ4v) is 2.22. The van der Waals surface area contributed by atoms with Crippen LogP contribution in [-0.4, -0.2) is 9.78 Å². The van der Waals surface area contributed by atoms with Gasteiger partial charge in [0.05, 0.1) is 15.9 Å². The van der Waals surface area contributed by atoms with Crippen LogP contribution in [0.4, 0.5) is 8.78 Å². The van der Waals surface area contributed by atoms with Crippen LogP contribution in [-0.2, 0) is 6.54 Å². The summed E-state index contributed by atoms with van der Waals surface area (Å²) in [5, 5.41) is 4.28. The summed E-state index contributed by atoms with van der Waals surface area (Å²) in [6.45, 7) is 4.38. The van der Waals surface area contributed by atoms with Crippen LogP contribution in [0.1, 0.15) is 12.6 Å². The first-order valence-electron chi connectivity index (χ1n) is 5.23. The minimum atomic E-state index is -0.583. The van der Waals surface area contributed by atoms with Gasteiger partial charge in [-0.15, -0.1) is 0 Å². The van der Waals surface area contributed by atoms with Crippen LogP contribution in [0.5, 0.6) is 0 Å². The average Bonchev–Trinajstić information content (AvgIpc) is 2.56. The maximum Gasteiger partial charge on any atom is 0.135 e. The van der Waals surface area contributed by atoms with Gasteiger partial charge in [-0.25, -0.2) is 8.78 Å². The van der Waals surface area contributed by atoms with Crippen LogP contribution in [0.25, 0.3) is 11.3 Å². The molecule has 1 aromatic carbocycles. The molecule has 2 rings (SSSR count). The largest absolute Gasteiger partial charge is 0.264 e. The summed E-state index contributed by atoms with van der Waals surface area (Å²) in [7, 11) is 0. The van der Waals surface area contributed by atoms with Crippen LogP contribution in [0.2, 0.25) is 0 Å². The monoisotopic (exact) mass is 300 g/mol. The molecule has 0 spiro atoms. The molecule has 2 aromatic rings. The van der Waals surface area contributed by atoms with Crippen LogP contribution in [0.3, 0.4) is 0 Å². The molecule has 0 saturated carbocycles. The van der Waals surface area contributed by atoms with Gasteiger partial charge in [0, 0.05) is 18.2 Å². The van der Waals surface area contributed by atoms with Crippen LogP contribution >= 0.6 is 15.9 Å². The van der Waals surface area contributed by atoms with Gasteiger partial charge in [-0.3, -0.25) is 4.68 Å². The quantitative estimate of drug-likeness (QED) is 0.822. The van der Waals surface area contributed by atoms with Crippen molar-refractivity contribution in [3.63, 3.8) is 0 Å². The fraction of sp³-hybridized carbons (Fsp3) is 0.250. The summed E-state index contributed by atoms with van der Waals surface area (Å²) in [6, 6.07) is 3.55. The van der Waals surface area contributed by atoms with E-state index in [1.165, 1.54) is 12.1 Å². The van der Waals surface area contributed by atoms with Crippen molar-refractivity contribution < 1.29 is 8.78 Å². The Morgan fingerprint density at radius 1 is 1.35 bits per heavy atom. The van der Waals surface area contributed by atoms with Crippen molar-refractivity contribution in [2.75, 3.05) is 0 Å². The zero-order valence-corrected chi connectivity index (χ0v) is 11.1. The van der Waals surface area contributed by atoms with Crippen molar-refractivity contribution in [2.24, 2.45) is 0 Å². The van der Waals surface area contributed by atoms with E-state index in [0.717, 1.165) is 16.2 Å². The first-order valence-corrected chi connectivity index (χ1v) is 6.02. The maximum absolute atomic E-state index is 13.7. The summed E-state index contributed by atoms with van der Waals surface area (Å²) in [4.78, 5) is 0. The Morgan fingerprint density at radius 3 is 2.65 bits per heavy atom. The molecule has 0 aliphatic rings. The van der Waals surface area contributed by atoms with E-state index < -0.39 is 11.6 Å². The summed E-state index contributed by atoms with van der Waals surface area (Å²) in [5.74, 6) is -1.16. The van der Waals surface area contributed by atoms with Gasteiger partial charge in [-0.1, -0.05) is 0 Å². The molecule has 17 heavy (non-hydrogen) atoms. The molecule has 0 saturated heterocycles. The molecule has 0 bridgehead atoms. The highest BCUT2D eigenvalue weighted by atomic mass is 79.9. The molecule has 0 fully saturated rings. The van der Waals surface area contributed by atoms with Crippen molar-refractivity contribution in [3.8, 4) is 11.3 Å². The first-order chi connectivity index (χ1) is 8.04. The Morgan fingerprint density at radius 2 is 2.06 bits per heavy atom. The number of aryl methyl sites for hydroxylation is 2. The smallest absolute Gasteiger partial charge is 0.135 e. The van der Waals surface area contributed by atoms with Crippen molar-refractivity contribution in [3.05, 3.63) is 40.0 Å². The number of aromatic nitrogens is 2. The molecule has 5 heteroatoms. The summed E-state index contributed by atoms with van der Waals surface area (Å²) in [6.07, 6.45) is 0. The van der Waals surface area contributed by atoms with E-state index in [2.05, 4.69) is 21.0 Å². The molecule has 0 amide bonds. The maximum atomic E-state index is 13.7. The van der Waals surface area contributed by atoms with E-state index in [0.29, 0.717) is 17.8 Å². The van der Waals surface area contributed by atoms with Gasteiger partial charge in [-0.05, 0) is 41.9 Å². The Bertz CT molecular complexity index is 564. The predicted molar refractivity (Wildman–Crippen MR) is 65.7 cm³/mol. The molecule has 0 N–H and O–H groups in total. The third-order valence-electron chi connectivity index (χ3n) is 2.54. The lowest BCUT2D eigenvalue weighted by atomic mass is 10.1. The van der Waals surface area contributed by atoms with Crippen molar-refractivity contribution in [1.29, 1.82) is 0 Å². The Balaban J connectivity index is 2.67. The predicted octanol–water partition coefficient (Wildman–Crippen LogP) is 3.92. The van der Waals surface area contributed by atoms with Gasteiger partial charge in [0.1, 0.15) is 11.6 Å². The Hall–Kier alpha value is -1.23. The van der Waals surface area contributed by atoms with Crippen molar-refractivity contribution >= 4 is 15.9 Å². The Kier molecular flexibility index (Phi) is 3.28. The second-order valence-electron chi connectivity index (χ2n) is 3.69. The molecule has 0 aliphatic carbocycles. The molecule has 90 valence electrons. The molecule has 0 unspecified atom stereocenters. The standard InChI is InChI=1S/C12H11BrF2N2/c1-3-17-12(11(13)7(2)16-17)9-5-4-8(14)6-10(9)15/h4-6H,3H2,1-2H3. The van der Waals surface area contributed by atoms with Gasteiger partial charge < -0.3 is 0 Å². The number of hydrogen-bond donors (Lipinski definition) is 0. The summed E-state index contributed by atoms with van der Waals surface area (Å²) >= 11 is 3.39. The number of hydrogen-bond acceptors (Lipinski definition) is 1. The lowest BCUT2D eigenvalue weighted by molar-refractivity contribution is 0.582. The second-order valence-corrected chi connectivity index (χ2v) is 4.48. The van der Waals surface area contributed by atoms with E-state index in [1.54, 1.807) is 4.68 Å². The zero-order chi connectivity index (χ0) is 12.6. The topological polar surface area (TPSA) is 17.8 Å². The fourth-order valence-electron chi connectivity index (χ4n) is 1.73. The molecular formula is C12H11BrF2N2. The summed E-state index contributed by atoms with van der Waals surface area (Å²) in [5.41, 5.74) is 1.77. The first kappa shape index (κ1) is 12.2. The number of benzene rings is 1. The third-order valence-corrected chi connectivity index (χ3v) is 3.49. The lowest BCUT2D eigenvalue weighted by Crippen LogP contribution is -2.00. The van der Waals surface area contributed by atoms with Crippen molar-refractivity contribution in [1.82, 2.24) is 9.78 Å². The zero-order valence-electron chi connectivity index (χ0n) is 9.47. The second kappa shape index (κ2) is 4.56. The highest BCUT2D eigenvalue weighted by Crippen LogP contribution is 2.32. The van der Waals surface area contributed by atoms with Gasteiger partial charge in [0.15, 0.2) is 0 Å². The van der Waals surface area contributed by atoms with Gasteiger partial charge >= 0.3 is 0 Å². The SMILES string of the molecule is CCn1nc(C)c(Br)c1-c1ccc(F)cc1F.